The predicted molar refractivity (Wildman–Crippen MR) is 105 cm³/mol. The minimum atomic E-state index is -0.0675. The first-order chi connectivity index (χ1) is 12.0. The van der Waals surface area contributed by atoms with E-state index in [1.54, 1.807) is 17.0 Å². The van der Waals surface area contributed by atoms with Gasteiger partial charge < -0.3 is 10.2 Å². The monoisotopic (exact) mass is 438 g/mol. The molecule has 1 aliphatic carbocycles. The fourth-order valence-corrected chi connectivity index (χ4v) is 4.91. The number of benzene rings is 1. The summed E-state index contributed by atoms with van der Waals surface area (Å²) in [7, 11) is 0. The van der Waals surface area contributed by atoms with Crippen LogP contribution in [-0.4, -0.2) is 18.4 Å². The highest BCUT2D eigenvalue weighted by Gasteiger charge is 2.31. The van der Waals surface area contributed by atoms with Gasteiger partial charge in [0.05, 0.1) is 20.6 Å². The van der Waals surface area contributed by atoms with Crippen molar-refractivity contribution in [3.63, 3.8) is 0 Å². The predicted octanol–water partition coefficient (Wildman–Crippen LogP) is 5.11. The van der Waals surface area contributed by atoms with Gasteiger partial charge in [0, 0.05) is 16.9 Å². The third-order valence-corrected chi connectivity index (χ3v) is 6.20. The number of carbonyl (C=O) groups excluding carboxylic acids is 2. The number of rotatable bonds is 3. The van der Waals surface area contributed by atoms with Crippen molar-refractivity contribution in [3.05, 3.63) is 44.2 Å². The van der Waals surface area contributed by atoms with Crippen molar-refractivity contribution in [2.24, 2.45) is 5.92 Å². The highest BCUT2D eigenvalue weighted by molar-refractivity contribution is 9.10. The first-order valence-electron chi connectivity index (χ1n) is 8.23. The molecule has 1 aromatic heterocycles. The van der Waals surface area contributed by atoms with Gasteiger partial charge in [-0.05, 0) is 55.5 Å². The molecule has 1 N–H and O–H groups in total. The Morgan fingerprint density at radius 1 is 1.28 bits per heavy atom. The first-order valence-corrected chi connectivity index (χ1v) is 10.2. The molecule has 25 heavy (non-hydrogen) atoms. The molecule has 0 saturated heterocycles. The molecule has 0 spiro atoms. The Morgan fingerprint density at radius 3 is 2.84 bits per heavy atom. The van der Waals surface area contributed by atoms with Crippen molar-refractivity contribution in [3.8, 4) is 0 Å². The standard InChI is InChI=1S/C18H16BrClN2O2S/c19-12-8-11-2-1-7-22(16(11)13(20)9-12)18(24)14-5-6-15(25-14)21-17(23)10-3-4-10/h5-6,8-10H,1-4,7H2,(H,21,23). The third kappa shape index (κ3) is 3.48. The number of amides is 2. The Labute approximate surface area is 163 Å². The number of halogens is 2. The molecule has 0 unspecified atom stereocenters. The molecule has 1 saturated carbocycles. The number of hydrogen-bond donors (Lipinski definition) is 1. The number of fused-ring (bicyclic) bond motifs is 1. The van der Waals surface area contributed by atoms with Gasteiger partial charge in [0.1, 0.15) is 0 Å². The largest absolute Gasteiger partial charge is 0.317 e. The molecule has 2 aromatic rings. The molecule has 4 rings (SSSR count). The number of nitrogens with one attached hydrogen (secondary N) is 1. The van der Waals surface area contributed by atoms with Gasteiger partial charge in [-0.2, -0.15) is 0 Å². The minimum Gasteiger partial charge on any atom is -0.317 e. The third-order valence-electron chi connectivity index (χ3n) is 4.46. The molecule has 1 aromatic carbocycles. The van der Waals surface area contributed by atoms with E-state index in [2.05, 4.69) is 21.2 Å². The van der Waals surface area contributed by atoms with E-state index in [4.69, 9.17) is 11.6 Å². The molecule has 0 atom stereocenters. The van der Waals surface area contributed by atoms with Crippen molar-refractivity contribution >= 4 is 61.4 Å². The molecule has 1 aliphatic heterocycles. The number of anilines is 2. The van der Waals surface area contributed by atoms with Gasteiger partial charge in [0.15, 0.2) is 0 Å². The molecule has 1 fully saturated rings. The smallest absolute Gasteiger partial charge is 0.268 e. The summed E-state index contributed by atoms with van der Waals surface area (Å²) in [6.07, 6.45) is 3.73. The zero-order valence-electron chi connectivity index (χ0n) is 13.4. The van der Waals surface area contributed by atoms with E-state index in [9.17, 15) is 9.59 Å². The van der Waals surface area contributed by atoms with Crippen LogP contribution < -0.4 is 10.2 Å². The van der Waals surface area contributed by atoms with Crippen LogP contribution in [0.4, 0.5) is 10.7 Å². The van der Waals surface area contributed by atoms with Crippen molar-refractivity contribution in [2.45, 2.75) is 25.7 Å². The van der Waals surface area contributed by atoms with Crippen molar-refractivity contribution in [2.75, 3.05) is 16.8 Å². The quantitative estimate of drug-likeness (QED) is 0.723. The second kappa shape index (κ2) is 6.74. The second-order valence-electron chi connectivity index (χ2n) is 6.38. The SMILES string of the molecule is O=C(Nc1ccc(C(=O)N2CCCc3cc(Br)cc(Cl)c32)s1)C1CC1. The average Bonchev–Trinajstić information content (AvgIpc) is 3.33. The van der Waals surface area contributed by atoms with Crippen LogP contribution >= 0.6 is 38.9 Å². The molecule has 2 amide bonds. The van der Waals surface area contributed by atoms with E-state index in [1.165, 1.54) is 11.3 Å². The molecular formula is C18H16BrClN2O2S. The number of carbonyl (C=O) groups is 2. The summed E-state index contributed by atoms with van der Waals surface area (Å²) >= 11 is 11.2. The second-order valence-corrected chi connectivity index (χ2v) is 8.79. The zero-order valence-corrected chi connectivity index (χ0v) is 16.5. The average molecular weight is 440 g/mol. The van der Waals surface area contributed by atoms with Gasteiger partial charge in [-0.15, -0.1) is 11.3 Å². The van der Waals surface area contributed by atoms with Gasteiger partial charge in [-0.25, -0.2) is 0 Å². The van der Waals surface area contributed by atoms with E-state index < -0.39 is 0 Å². The molecule has 130 valence electrons. The summed E-state index contributed by atoms with van der Waals surface area (Å²) in [5.41, 5.74) is 1.89. The maximum atomic E-state index is 13.0. The maximum absolute atomic E-state index is 13.0. The molecule has 4 nitrogen and oxygen atoms in total. The van der Waals surface area contributed by atoms with Gasteiger partial charge in [0.25, 0.3) is 5.91 Å². The fraction of sp³-hybridized carbons (Fsp3) is 0.333. The number of aryl methyl sites for hydroxylation is 1. The van der Waals surface area contributed by atoms with E-state index in [1.807, 2.05) is 12.1 Å². The number of nitrogens with zero attached hydrogens (tertiary/aromatic N) is 1. The molecule has 0 radical (unpaired) electrons. The van der Waals surface area contributed by atoms with Crippen LogP contribution in [0.1, 0.15) is 34.5 Å². The highest BCUT2D eigenvalue weighted by Crippen LogP contribution is 2.38. The van der Waals surface area contributed by atoms with Crippen LogP contribution in [0.3, 0.4) is 0 Å². The molecule has 2 heterocycles. The minimum absolute atomic E-state index is 0.0528. The highest BCUT2D eigenvalue weighted by atomic mass is 79.9. The van der Waals surface area contributed by atoms with Crippen LogP contribution in [0.5, 0.6) is 0 Å². The van der Waals surface area contributed by atoms with Crippen LogP contribution in [0.2, 0.25) is 5.02 Å². The summed E-state index contributed by atoms with van der Waals surface area (Å²) in [6.45, 7) is 0.648. The van der Waals surface area contributed by atoms with Gasteiger partial charge >= 0.3 is 0 Å². The number of hydrogen-bond acceptors (Lipinski definition) is 3. The van der Waals surface area contributed by atoms with Gasteiger partial charge in [0.2, 0.25) is 5.91 Å². The van der Waals surface area contributed by atoms with E-state index >= 15 is 0 Å². The Kier molecular flexibility index (Phi) is 4.60. The molecule has 7 heteroatoms. The number of thiophene rings is 1. The topological polar surface area (TPSA) is 49.4 Å². The lowest BCUT2D eigenvalue weighted by molar-refractivity contribution is -0.117. The van der Waals surface area contributed by atoms with Crippen LogP contribution in [0.25, 0.3) is 0 Å². The molecular weight excluding hydrogens is 424 g/mol. The molecule has 0 bridgehead atoms. The van der Waals surface area contributed by atoms with Crippen molar-refractivity contribution < 1.29 is 9.59 Å². The Bertz CT molecular complexity index is 863. The van der Waals surface area contributed by atoms with E-state index in [-0.39, 0.29) is 17.7 Å². The summed E-state index contributed by atoms with van der Waals surface area (Å²) in [4.78, 5) is 27.2. The van der Waals surface area contributed by atoms with Gasteiger partial charge in [-0.3, -0.25) is 9.59 Å². The van der Waals surface area contributed by atoms with Crippen LogP contribution in [0, 0.1) is 5.92 Å². The summed E-state index contributed by atoms with van der Waals surface area (Å²) in [6, 6.07) is 7.42. The Balaban J connectivity index is 1.58. The summed E-state index contributed by atoms with van der Waals surface area (Å²) in [5.74, 6) is 0.131. The lowest BCUT2D eigenvalue weighted by Gasteiger charge is -2.30. The normalized spacial score (nSPS) is 16.5. The Morgan fingerprint density at radius 2 is 2.08 bits per heavy atom. The lowest BCUT2D eigenvalue weighted by Crippen LogP contribution is -2.35. The van der Waals surface area contributed by atoms with Crippen molar-refractivity contribution in [1.29, 1.82) is 0 Å². The van der Waals surface area contributed by atoms with E-state index in [0.29, 0.717) is 16.4 Å². The first kappa shape index (κ1) is 17.1. The van der Waals surface area contributed by atoms with Gasteiger partial charge in [-0.1, -0.05) is 27.5 Å². The summed E-state index contributed by atoms with van der Waals surface area (Å²) in [5, 5.41) is 4.20. The van der Waals surface area contributed by atoms with Crippen LogP contribution in [-0.2, 0) is 11.2 Å². The van der Waals surface area contributed by atoms with Crippen LogP contribution in [0.15, 0.2) is 28.7 Å². The fourth-order valence-electron chi connectivity index (χ4n) is 3.08. The zero-order chi connectivity index (χ0) is 17.6. The maximum Gasteiger partial charge on any atom is 0.268 e. The van der Waals surface area contributed by atoms with E-state index in [0.717, 1.165) is 46.4 Å². The molecule has 2 aliphatic rings. The Hall–Kier alpha value is -1.37. The summed E-state index contributed by atoms with van der Waals surface area (Å²) < 4.78 is 0.923. The lowest BCUT2D eigenvalue weighted by atomic mass is 10.0. The van der Waals surface area contributed by atoms with Crippen molar-refractivity contribution in [1.82, 2.24) is 0 Å².